The average Bonchev–Trinajstić information content (AvgIpc) is 3.91. The van der Waals surface area contributed by atoms with Crippen LogP contribution in [0.3, 0.4) is 0 Å². The first-order valence-electron chi connectivity index (χ1n) is 21.7. The molecule has 0 fully saturated rings. The van der Waals surface area contributed by atoms with Crippen molar-refractivity contribution < 1.29 is 0 Å². The van der Waals surface area contributed by atoms with Crippen LogP contribution in [0.2, 0.25) is 0 Å². The third kappa shape index (κ3) is 6.31. The smallest absolute Gasteiger partial charge is 0.166 e. The molecular formula is C59H35N7. The minimum absolute atomic E-state index is 0.450. The summed E-state index contributed by atoms with van der Waals surface area (Å²) in [5.74, 6) is 1.68. The Kier molecular flexibility index (Phi) is 9.12. The maximum atomic E-state index is 10.1. The summed E-state index contributed by atoms with van der Waals surface area (Å²) in [5.41, 5.74) is 13.4. The summed E-state index contributed by atoms with van der Waals surface area (Å²) in [6.07, 6.45) is 0. The molecule has 0 saturated carbocycles. The molecule has 306 valence electrons. The van der Waals surface area contributed by atoms with E-state index in [4.69, 9.17) is 15.0 Å². The lowest BCUT2D eigenvalue weighted by atomic mass is 9.97. The summed E-state index contributed by atoms with van der Waals surface area (Å²) >= 11 is 0. The number of para-hydroxylation sites is 4. The van der Waals surface area contributed by atoms with E-state index in [0.717, 1.165) is 83.2 Å². The average molecular weight is 842 g/mol. The van der Waals surface area contributed by atoms with Crippen LogP contribution in [-0.4, -0.2) is 24.1 Å². The fourth-order valence-electron chi connectivity index (χ4n) is 9.46. The lowest BCUT2D eigenvalue weighted by Gasteiger charge is -2.18. The van der Waals surface area contributed by atoms with E-state index in [1.807, 2.05) is 66.7 Å². The van der Waals surface area contributed by atoms with Gasteiger partial charge in [0.05, 0.1) is 56.7 Å². The molecular weight excluding hydrogens is 807 g/mol. The number of nitriles is 2. The van der Waals surface area contributed by atoms with Crippen molar-refractivity contribution in [3.63, 3.8) is 0 Å². The molecule has 7 heteroatoms. The van der Waals surface area contributed by atoms with Crippen LogP contribution in [0.1, 0.15) is 11.1 Å². The van der Waals surface area contributed by atoms with Crippen LogP contribution < -0.4 is 0 Å². The van der Waals surface area contributed by atoms with Gasteiger partial charge in [0.25, 0.3) is 0 Å². The molecule has 0 unspecified atom stereocenters. The number of rotatable bonds is 7. The van der Waals surface area contributed by atoms with Crippen molar-refractivity contribution in [1.82, 2.24) is 24.1 Å². The van der Waals surface area contributed by atoms with Crippen molar-refractivity contribution >= 4 is 43.6 Å². The standard InChI is InChI=1S/C59H35N7/c60-36-38-27-30-44(43(33-38)37-61)41-28-31-55-49(34-41)48-22-10-14-26-54(48)66(55)56-32-29-42(45-19-7-11-23-51(45)65-52-24-12-8-20-46(52)47-21-9-13-25-53(47)65)35-50(56)59-63-57(39-15-3-1-4-16-39)62-58(64-59)40-17-5-2-6-18-40/h1-35H. The Hall–Kier alpha value is -9.43. The molecule has 0 spiro atoms. The second kappa shape index (κ2) is 15.7. The monoisotopic (exact) mass is 841 g/mol. The number of hydrogen-bond donors (Lipinski definition) is 0. The third-order valence-electron chi connectivity index (χ3n) is 12.5. The van der Waals surface area contributed by atoms with Gasteiger partial charge in [0.2, 0.25) is 0 Å². The molecule has 3 aromatic heterocycles. The van der Waals surface area contributed by atoms with Crippen LogP contribution in [0.15, 0.2) is 212 Å². The van der Waals surface area contributed by atoms with Gasteiger partial charge in [-0.1, -0.05) is 152 Å². The highest BCUT2D eigenvalue weighted by Crippen LogP contribution is 2.42. The fraction of sp³-hybridized carbons (Fsp3) is 0. The maximum Gasteiger partial charge on any atom is 0.166 e. The van der Waals surface area contributed by atoms with Crippen LogP contribution in [-0.2, 0) is 0 Å². The molecule has 0 radical (unpaired) electrons. The Morgan fingerprint density at radius 2 is 0.803 bits per heavy atom. The van der Waals surface area contributed by atoms with E-state index in [-0.39, 0.29) is 0 Å². The van der Waals surface area contributed by atoms with Crippen molar-refractivity contribution in [1.29, 1.82) is 10.5 Å². The molecule has 0 amide bonds. The lowest BCUT2D eigenvalue weighted by molar-refractivity contribution is 1.06. The highest BCUT2D eigenvalue weighted by Gasteiger charge is 2.23. The van der Waals surface area contributed by atoms with Crippen LogP contribution >= 0.6 is 0 Å². The highest BCUT2D eigenvalue weighted by molar-refractivity contribution is 6.12. The zero-order valence-corrected chi connectivity index (χ0v) is 35.3. The van der Waals surface area contributed by atoms with Gasteiger partial charge in [0, 0.05) is 43.8 Å². The van der Waals surface area contributed by atoms with E-state index < -0.39 is 0 Å². The van der Waals surface area contributed by atoms with E-state index in [0.29, 0.717) is 28.6 Å². The van der Waals surface area contributed by atoms with Gasteiger partial charge < -0.3 is 9.13 Å². The molecule has 12 aromatic rings. The molecule has 66 heavy (non-hydrogen) atoms. The Balaban J connectivity index is 1.14. The molecule has 3 heterocycles. The van der Waals surface area contributed by atoms with Crippen LogP contribution in [0.4, 0.5) is 0 Å². The predicted molar refractivity (Wildman–Crippen MR) is 265 cm³/mol. The van der Waals surface area contributed by atoms with Crippen LogP contribution in [0.25, 0.3) is 111 Å². The summed E-state index contributed by atoms with van der Waals surface area (Å²) in [5, 5.41) is 24.2. The van der Waals surface area contributed by atoms with Crippen molar-refractivity contribution in [2.24, 2.45) is 0 Å². The van der Waals surface area contributed by atoms with Gasteiger partial charge in [-0.25, -0.2) is 15.0 Å². The molecule has 0 N–H and O–H groups in total. The van der Waals surface area contributed by atoms with Gasteiger partial charge in [-0.15, -0.1) is 0 Å². The SMILES string of the molecule is N#Cc1ccc(-c2ccc3c(c2)c2ccccc2n3-c2ccc(-c3ccccc3-n3c4ccccc4c4ccccc43)cc2-c2nc(-c3ccccc3)nc(-c3ccccc3)n2)c(C#N)c1. The Morgan fingerprint density at radius 1 is 0.318 bits per heavy atom. The van der Waals surface area contributed by atoms with E-state index in [9.17, 15) is 10.5 Å². The second-order valence-electron chi connectivity index (χ2n) is 16.2. The first kappa shape index (κ1) is 38.3. The van der Waals surface area contributed by atoms with Crippen LogP contribution in [0, 0.1) is 22.7 Å². The Bertz CT molecular complexity index is 3850. The van der Waals surface area contributed by atoms with Gasteiger partial charge in [0.15, 0.2) is 17.5 Å². The molecule has 0 saturated heterocycles. The zero-order chi connectivity index (χ0) is 44.1. The van der Waals surface area contributed by atoms with Crippen molar-refractivity contribution in [2.45, 2.75) is 0 Å². The molecule has 12 rings (SSSR count). The summed E-state index contributed by atoms with van der Waals surface area (Å²) in [6.45, 7) is 0. The molecule has 7 nitrogen and oxygen atoms in total. The first-order valence-corrected chi connectivity index (χ1v) is 21.7. The van der Waals surface area contributed by atoms with Gasteiger partial charge in [-0.2, -0.15) is 10.5 Å². The van der Waals surface area contributed by atoms with E-state index >= 15 is 0 Å². The van der Waals surface area contributed by atoms with Gasteiger partial charge >= 0.3 is 0 Å². The topological polar surface area (TPSA) is 96.1 Å². The second-order valence-corrected chi connectivity index (χ2v) is 16.2. The van der Waals surface area contributed by atoms with Crippen LogP contribution in [0.5, 0.6) is 0 Å². The maximum absolute atomic E-state index is 10.1. The Morgan fingerprint density at radius 3 is 1.41 bits per heavy atom. The zero-order valence-electron chi connectivity index (χ0n) is 35.3. The van der Waals surface area contributed by atoms with Crippen molar-refractivity contribution in [3.8, 4) is 79.9 Å². The van der Waals surface area contributed by atoms with Gasteiger partial charge in [-0.3, -0.25) is 0 Å². The number of fused-ring (bicyclic) bond motifs is 6. The molecule has 0 aliphatic rings. The van der Waals surface area contributed by atoms with E-state index in [1.165, 1.54) is 10.8 Å². The third-order valence-corrected chi connectivity index (χ3v) is 12.5. The largest absolute Gasteiger partial charge is 0.309 e. The summed E-state index contributed by atoms with van der Waals surface area (Å²) in [7, 11) is 0. The number of nitrogens with zero attached hydrogens (tertiary/aromatic N) is 7. The van der Waals surface area contributed by atoms with Gasteiger partial charge in [0.1, 0.15) is 0 Å². The fourth-order valence-corrected chi connectivity index (χ4v) is 9.46. The summed E-state index contributed by atoms with van der Waals surface area (Å²) < 4.78 is 4.66. The molecule has 0 aliphatic heterocycles. The minimum atomic E-state index is 0.450. The normalized spacial score (nSPS) is 11.3. The lowest BCUT2D eigenvalue weighted by Crippen LogP contribution is -2.04. The molecule has 0 bridgehead atoms. The minimum Gasteiger partial charge on any atom is -0.309 e. The summed E-state index contributed by atoms with van der Waals surface area (Å²) in [6, 6.07) is 77.0. The van der Waals surface area contributed by atoms with Crippen molar-refractivity contribution in [2.75, 3.05) is 0 Å². The number of aromatic nitrogens is 5. The highest BCUT2D eigenvalue weighted by atomic mass is 15.1. The first-order chi connectivity index (χ1) is 32.6. The molecule has 0 atom stereocenters. The quantitative estimate of drug-likeness (QED) is 0.159. The molecule has 9 aromatic carbocycles. The summed E-state index contributed by atoms with van der Waals surface area (Å²) in [4.78, 5) is 15.7. The Labute approximate surface area is 380 Å². The number of hydrogen-bond acceptors (Lipinski definition) is 5. The van der Waals surface area contributed by atoms with Gasteiger partial charge in [-0.05, 0) is 77.4 Å². The number of benzene rings is 9. The van der Waals surface area contributed by atoms with Crippen molar-refractivity contribution in [3.05, 3.63) is 223 Å². The van der Waals surface area contributed by atoms with E-state index in [1.54, 1.807) is 12.1 Å². The molecule has 0 aliphatic carbocycles. The predicted octanol–water partition coefficient (Wildman–Crippen LogP) is 14.1. The van der Waals surface area contributed by atoms with E-state index in [2.05, 4.69) is 155 Å².